The number of hydrogen-bond acceptors (Lipinski definition) is 2. The van der Waals surface area contributed by atoms with Crippen LogP contribution in [0.2, 0.25) is 0 Å². The van der Waals surface area contributed by atoms with E-state index in [-0.39, 0.29) is 5.91 Å². The summed E-state index contributed by atoms with van der Waals surface area (Å²) in [6.45, 7) is 0. The summed E-state index contributed by atoms with van der Waals surface area (Å²) >= 11 is 5.25. The first-order chi connectivity index (χ1) is 9.74. The Bertz CT molecular complexity index is 657. The highest BCUT2D eigenvalue weighted by molar-refractivity contribution is 7.80. The fourth-order valence-corrected chi connectivity index (χ4v) is 2.41. The van der Waals surface area contributed by atoms with E-state index < -0.39 is 6.04 Å². The molecular weight excluding hydrogens is 270 g/mol. The zero-order chi connectivity index (χ0) is 13.9. The molecule has 0 saturated heterocycles. The van der Waals surface area contributed by atoms with Gasteiger partial charge in [-0.1, -0.05) is 36.4 Å². The largest absolute Gasteiger partial charge is 0.347 e. The fraction of sp³-hybridized carbons (Fsp3) is 0.0667. The van der Waals surface area contributed by atoms with Crippen molar-refractivity contribution in [3.05, 3.63) is 60.2 Å². The van der Waals surface area contributed by atoms with E-state index in [0.29, 0.717) is 5.11 Å². The van der Waals surface area contributed by atoms with Gasteiger partial charge in [0.15, 0.2) is 5.11 Å². The number of fused-ring (bicyclic) bond motifs is 1. The number of carbonyl (C=O) groups excluding carboxylic acids is 1. The molecule has 0 radical (unpaired) electrons. The molecule has 100 valence electrons. The lowest BCUT2D eigenvalue weighted by atomic mass is 10.1. The summed E-state index contributed by atoms with van der Waals surface area (Å²) in [6.07, 6.45) is 0. The lowest BCUT2D eigenvalue weighted by Crippen LogP contribution is -2.35. The maximum atomic E-state index is 12.0. The second kappa shape index (κ2) is 5.30. The van der Waals surface area contributed by atoms with Crippen LogP contribution in [-0.2, 0) is 4.79 Å². The van der Waals surface area contributed by atoms with E-state index in [9.17, 15) is 4.79 Å². The van der Waals surface area contributed by atoms with Crippen LogP contribution in [0.1, 0.15) is 11.6 Å². The van der Waals surface area contributed by atoms with E-state index in [1.54, 1.807) is 0 Å². The third kappa shape index (κ3) is 2.48. The first-order valence-electron chi connectivity index (χ1n) is 6.26. The predicted molar refractivity (Wildman–Crippen MR) is 83.6 cm³/mol. The minimum absolute atomic E-state index is 0.0941. The van der Waals surface area contributed by atoms with Gasteiger partial charge in [0, 0.05) is 16.9 Å². The van der Waals surface area contributed by atoms with E-state index in [2.05, 4.69) is 16.0 Å². The van der Waals surface area contributed by atoms with Gasteiger partial charge in [-0.25, -0.2) is 0 Å². The molecule has 1 aliphatic heterocycles. The molecule has 20 heavy (non-hydrogen) atoms. The van der Waals surface area contributed by atoms with E-state index >= 15 is 0 Å². The monoisotopic (exact) mass is 283 g/mol. The third-order valence-electron chi connectivity index (χ3n) is 3.10. The highest BCUT2D eigenvalue weighted by atomic mass is 32.1. The molecule has 1 aliphatic rings. The smallest absolute Gasteiger partial charge is 0.251 e. The van der Waals surface area contributed by atoms with Crippen LogP contribution in [0.4, 0.5) is 11.4 Å². The molecule has 0 spiro atoms. The van der Waals surface area contributed by atoms with Gasteiger partial charge in [0.25, 0.3) is 5.91 Å². The average Bonchev–Trinajstić information content (AvgIpc) is 2.76. The summed E-state index contributed by atoms with van der Waals surface area (Å²) in [5.41, 5.74) is 2.63. The quantitative estimate of drug-likeness (QED) is 0.742. The van der Waals surface area contributed by atoms with Gasteiger partial charge in [0.1, 0.15) is 6.04 Å². The van der Waals surface area contributed by atoms with Crippen LogP contribution in [0.3, 0.4) is 0 Å². The summed E-state index contributed by atoms with van der Waals surface area (Å²) < 4.78 is 0. The summed E-state index contributed by atoms with van der Waals surface area (Å²) in [5, 5.41) is 9.35. The number of rotatable bonds is 2. The van der Waals surface area contributed by atoms with Crippen LogP contribution >= 0.6 is 12.2 Å². The first kappa shape index (κ1) is 12.6. The number of anilines is 2. The number of nitrogens with one attached hydrogen (secondary N) is 3. The minimum atomic E-state index is -0.449. The molecule has 3 N–H and O–H groups in total. The molecule has 1 unspecified atom stereocenters. The molecule has 0 saturated carbocycles. The molecule has 0 aromatic heterocycles. The molecule has 2 aromatic carbocycles. The maximum absolute atomic E-state index is 12.0. The number of benzene rings is 2. The van der Waals surface area contributed by atoms with E-state index in [0.717, 1.165) is 16.9 Å². The molecule has 2 aromatic rings. The van der Waals surface area contributed by atoms with Crippen LogP contribution < -0.4 is 16.0 Å². The van der Waals surface area contributed by atoms with Crippen molar-refractivity contribution < 1.29 is 4.79 Å². The Hall–Kier alpha value is -2.40. The lowest BCUT2D eigenvalue weighted by molar-refractivity contribution is -0.117. The molecule has 1 heterocycles. The van der Waals surface area contributed by atoms with Crippen LogP contribution in [0.25, 0.3) is 0 Å². The minimum Gasteiger partial charge on any atom is -0.347 e. The first-order valence-corrected chi connectivity index (χ1v) is 6.67. The molecule has 0 fully saturated rings. The summed E-state index contributed by atoms with van der Waals surface area (Å²) in [6, 6.07) is 16.7. The number of carbonyl (C=O) groups is 1. The van der Waals surface area contributed by atoms with Crippen molar-refractivity contribution in [2.24, 2.45) is 0 Å². The number of thiocarbonyl (C=S) groups is 1. The number of para-hydroxylation sites is 2. The van der Waals surface area contributed by atoms with E-state index in [1.807, 2.05) is 54.6 Å². The Kier molecular flexibility index (Phi) is 3.35. The van der Waals surface area contributed by atoms with Gasteiger partial charge in [-0.05, 0) is 30.4 Å². The summed E-state index contributed by atoms with van der Waals surface area (Å²) in [4.78, 5) is 12.0. The second-order valence-corrected chi connectivity index (χ2v) is 4.88. The normalized spacial score (nSPS) is 16.2. The molecule has 4 nitrogen and oxygen atoms in total. The van der Waals surface area contributed by atoms with Gasteiger partial charge in [-0.2, -0.15) is 0 Å². The predicted octanol–water partition coefficient (Wildman–Crippen LogP) is 2.67. The Morgan fingerprint density at radius 1 is 1.05 bits per heavy atom. The highest BCUT2D eigenvalue weighted by Crippen LogP contribution is 2.30. The zero-order valence-corrected chi connectivity index (χ0v) is 11.4. The maximum Gasteiger partial charge on any atom is 0.251 e. The molecule has 1 amide bonds. The van der Waals surface area contributed by atoms with E-state index in [1.165, 1.54) is 0 Å². The number of hydrogen-bond donors (Lipinski definition) is 3. The fourth-order valence-electron chi connectivity index (χ4n) is 2.17. The standard InChI is InChI=1S/C15H13N3OS/c19-14-13(11-8-4-5-9-12(11)17-14)18-15(20)16-10-6-2-1-3-7-10/h1-9,13H,(H,17,19)(H2,16,18,20). The van der Waals surface area contributed by atoms with Gasteiger partial charge in [-0.15, -0.1) is 0 Å². The van der Waals surface area contributed by atoms with Crippen molar-refractivity contribution >= 4 is 34.6 Å². The van der Waals surface area contributed by atoms with E-state index in [4.69, 9.17) is 12.2 Å². The van der Waals surface area contributed by atoms with Crippen LogP contribution in [0.5, 0.6) is 0 Å². The molecule has 3 rings (SSSR count). The van der Waals surface area contributed by atoms with Gasteiger partial charge in [0.2, 0.25) is 0 Å². The topological polar surface area (TPSA) is 53.2 Å². The van der Waals surface area contributed by atoms with Crippen LogP contribution in [0, 0.1) is 0 Å². The average molecular weight is 283 g/mol. The summed E-state index contributed by atoms with van der Waals surface area (Å²) in [7, 11) is 0. The lowest BCUT2D eigenvalue weighted by Gasteiger charge is -2.15. The Morgan fingerprint density at radius 3 is 2.55 bits per heavy atom. The molecular formula is C15H13N3OS. The molecule has 5 heteroatoms. The van der Waals surface area contributed by atoms with Crippen molar-refractivity contribution in [1.29, 1.82) is 0 Å². The molecule has 0 bridgehead atoms. The SMILES string of the molecule is O=C1Nc2ccccc2C1NC(=S)Nc1ccccc1. The zero-order valence-electron chi connectivity index (χ0n) is 10.6. The van der Waals surface area contributed by atoms with Gasteiger partial charge in [0.05, 0.1) is 0 Å². The van der Waals surface area contributed by atoms with Crippen molar-refractivity contribution in [3.8, 4) is 0 Å². The highest BCUT2D eigenvalue weighted by Gasteiger charge is 2.30. The van der Waals surface area contributed by atoms with Gasteiger partial charge in [-0.3, -0.25) is 4.79 Å². The summed E-state index contributed by atoms with van der Waals surface area (Å²) in [5.74, 6) is -0.0941. The Morgan fingerprint density at radius 2 is 1.75 bits per heavy atom. The third-order valence-corrected chi connectivity index (χ3v) is 3.32. The molecule has 1 atom stereocenters. The Labute approximate surface area is 122 Å². The number of amides is 1. The van der Waals surface area contributed by atoms with Crippen molar-refractivity contribution in [3.63, 3.8) is 0 Å². The molecule has 0 aliphatic carbocycles. The van der Waals surface area contributed by atoms with Crippen molar-refractivity contribution in [2.45, 2.75) is 6.04 Å². The second-order valence-electron chi connectivity index (χ2n) is 4.47. The van der Waals surface area contributed by atoms with Gasteiger partial charge >= 0.3 is 0 Å². The van der Waals surface area contributed by atoms with Crippen LogP contribution in [0.15, 0.2) is 54.6 Å². The van der Waals surface area contributed by atoms with Gasteiger partial charge < -0.3 is 16.0 Å². The van der Waals surface area contributed by atoms with Crippen molar-refractivity contribution in [1.82, 2.24) is 5.32 Å². The van der Waals surface area contributed by atoms with Crippen LogP contribution in [-0.4, -0.2) is 11.0 Å². The van der Waals surface area contributed by atoms with Crippen molar-refractivity contribution in [2.75, 3.05) is 10.6 Å². The Balaban J connectivity index is 1.72.